The van der Waals surface area contributed by atoms with Gasteiger partial charge in [-0.2, -0.15) is 0 Å². The molecule has 0 atom stereocenters. The maximum atomic E-state index is 8.03. The Morgan fingerprint density at radius 1 is 1.57 bits per heavy atom. The van der Waals surface area contributed by atoms with E-state index in [9.17, 15) is 0 Å². The van der Waals surface area contributed by atoms with E-state index in [0.717, 1.165) is 6.42 Å². The summed E-state index contributed by atoms with van der Waals surface area (Å²) in [5.74, 6) is 0.685. The second-order valence-electron chi connectivity index (χ2n) is 3.83. The highest BCUT2D eigenvalue weighted by molar-refractivity contribution is 6.70. The monoisotopic (exact) mass is 211 g/mol. The van der Waals surface area contributed by atoms with Gasteiger partial charge >= 0.3 is 0 Å². The molecular weight excluding hydrogens is 194 g/mol. The summed E-state index contributed by atoms with van der Waals surface area (Å²) in [6, 6.07) is 0. The fourth-order valence-electron chi connectivity index (χ4n) is 0.819. The van der Waals surface area contributed by atoms with E-state index in [2.05, 4.69) is 36.2 Å². The van der Waals surface area contributed by atoms with Gasteiger partial charge in [0.25, 0.3) is 0 Å². The van der Waals surface area contributed by atoms with Crippen molar-refractivity contribution < 1.29 is 4.43 Å². The van der Waals surface area contributed by atoms with E-state index in [1.807, 2.05) is 12.2 Å². The SMILES string of the molecule is C=C(C=CCCN=[N+]=[N-])O[Si](C)(C)C. The molecule has 0 amide bonds. The predicted molar refractivity (Wildman–Crippen MR) is 61.3 cm³/mol. The standard InChI is InChI=1S/C9H17N3OSi/c1-9(13-14(2,3)4)7-5-6-8-11-12-10/h5,7H,1,6,8H2,2-4H3. The van der Waals surface area contributed by atoms with Crippen LogP contribution in [0.2, 0.25) is 19.6 Å². The summed E-state index contributed by atoms with van der Waals surface area (Å²) in [5.41, 5.74) is 8.03. The fourth-order valence-corrected chi connectivity index (χ4v) is 1.67. The van der Waals surface area contributed by atoms with Crippen LogP contribution in [0, 0.1) is 0 Å². The summed E-state index contributed by atoms with van der Waals surface area (Å²) in [6.45, 7) is 10.6. The van der Waals surface area contributed by atoms with Crippen LogP contribution in [0.15, 0.2) is 29.6 Å². The number of nitrogens with zero attached hydrogens (tertiary/aromatic N) is 3. The van der Waals surface area contributed by atoms with Crippen LogP contribution in [0.4, 0.5) is 0 Å². The van der Waals surface area contributed by atoms with Crippen molar-refractivity contribution in [2.45, 2.75) is 26.1 Å². The molecule has 0 N–H and O–H groups in total. The van der Waals surface area contributed by atoms with E-state index < -0.39 is 8.32 Å². The molecule has 0 aliphatic rings. The summed E-state index contributed by atoms with van der Waals surface area (Å²) in [4.78, 5) is 2.66. The molecule has 78 valence electrons. The second-order valence-corrected chi connectivity index (χ2v) is 8.26. The molecule has 0 rings (SSSR count). The van der Waals surface area contributed by atoms with Gasteiger partial charge in [-0.15, -0.1) is 0 Å². The number of azide groups is 1. The fraction of sp³-hybridized carbons (Fsp3) is 0.556. The van der Waals surface area contributed by atoms with Crippen LogP contribution < -0.4 is 0 Å². The summed E-state index contributed by atoms with van der Waals surface area (Å²) in [7, 11) is -1.53. The Balaban J connectivity index is 3.77. The Kier molecular flexibility index (Phi) is 5.75. The Labute approximate surface area is 86.0 Å². The second kappa shape index (κ2) is 6.29. The molecule has 0 bridgehead atoms. The van der Waals surface area contributed by atoms with E-state index in [0.29, 0.717) is 12.3 Å². The zero-order valence-corrected chi connectivity index (χ0v) is 10.0. The van der Waals surface area contributed by atoms with Gasteiger partial charge in [-0.3, -0.25) is 0 Å². The van der Waals surface area contributed by atoms with E-state index in [1.165, 1.54) is 0 Å². The lowest BCUT2D eigenvalue weighted by Gasteiger charge is -2.18. The van der Waals surface area contributed by atoms with Gasteiger partial charge in [0, 0.05) is 11.5 Å². The normalized spacial score (nSPS) is 11.1. The summed E-state index contributed by atoms with van der Waals surface area (Å²) in [5, 5.41) is 3.41. The number of hydrogen-bond donors (Lipinski definition) is 0. The van der Waals surface area contributed by atoms with Gasteiger partial charge in [0.1, 0.15) is 0 Å². The van der Waals surface area contributed by atoms with Gasteiger partial charge in [-0.1, -0.05) is 17.8 Å². The van der Waals surface area contributed by atoms with Gasteiger partial charge in [0.15, 0.2) is 0 Å². The number of hydrogen-bond acceptors (Lipinski definition) is 2. The Bertz CT molecular complexity index is 262. The molecule has 4 nitrogen and oxygen atoms in total. The maximum absolute atomic E-state index is 8.03. The first-order chi connectivity index (χ1) is 6.45. The van der Waals surface area contributed by atoms with Crippen LogP contribution in [0.3, 0.4) is 0 Å². The van der Waals surface area contributed by atoms with E-state index in [-0.39, 0.29) is 0 Å². The quantitative estimate of drug-likeness (QED) is 0.126. The minimum atomic E-state index is -1.53. The highest BCUT2D eigenvalue weighted by atomic mass is 28.4. The average Bonchev–Trinajstić information content (AvgIpc) is 2.00. The Morgan fingerprint density at radius 3 is 2.71 bits per heavy atom. The zero-order chi connectivity index (χ0) is 11.0. The van der Waals surface area contributed by atoms with Crippen LogP contribution in [0.25, 0.3) is 10.4 Å². The van der Waals surface area contributed by atoms with Gasteiger partial charge in [0.05, 0.1) is 5.76 Å². The molecule has 0 saturated heterocycles. The zero-order valence-electron chi connectivity index (χ0n) is 9.03. The number of rotatable bonds is 6. The van der Waals surface area contributed by atoms with Crippen molar-refractivity contribution in [3.63, 3.8) is 0 Å². The van der Waals surface area contributed by atoms with Crippen molar-refractivity contribution in [3.05, 3.63) is 34.9 Å². The molecule has 0 aliphatic heterocycles. The van der Waals surface area contributed by atoms with Crippen molar-refractivity contribution in [2.75, 3.05) is 6.54 Å². The Hall–Kier alpha value is -1.19. The molecule has 0 aliphatic carbocycles. The van der Waals surface area contributed by atoms with E-state index in [4.69, 9.17) is 9.96 Å². The maximum Gasteiger partial charge on any atom is 0.242 e. The van der Waals surface area contributed by atoms with Crippen LogP contribution in [0.1, 0.15) is 6.42 Å². The lowest BCUT2D eigenvalue weighted by Crippen LogP contribution is -2.23. The van der Waals surface area contributed by atoms with Crippen molar-refractivity contribution in [3.8, 4) is 0 Å². The van der Waals surface area contributed by atoms with Crippen molar-refractivity contribution in [1.29, 1.82) is 0 Å². The first-order valence-corrected chi connectivity index (χ1v) is 7.92. The van der Waals surface area contributed by atoms with Crippen molar-refractivity contribution in [2.24, 2.45) is 5.11 Å². The van der Waals surface area contributed by atoms with E-state index in [1.54, 1.807) is 0 Å². The number of allylic oxidation sites excluding steroid dienone is 1. The molecule has 0 aromatic rings. The Morgan fingerprint density at radius 2 is 2.21 bits per heavy atom. The first kappa shape index (κ1) is 12.8. The third kappa shape index (κ3) is 8.90. The van der Waals surface area contributed by atoms with Gasteiger partial charge in [-0.05, 0) is 37.7 Å². The average molecular weight is 211 g/mol. The molecule has 0 fully saturated rings. The van der Waals surface area contributed by atoms with Crippen LogP contribution in [0.5, 0.6) is 0 Å². The molecule has 0 saturated carbocycles. The van der Waals surface area contributed by atoms with Gasteiger partial charge in [-0.25, -0.2) is 0 Å². The molecule has 0 radical (unpaired) electrons. The molecule has 0 aromatic carbocycles. The lowest BCUT2D eigenvalue weighted by molar-refractivity contribution is 0.444. The van der Waals surface area contributed by atoms with E-state index >= 15 is 0 Å². The summed E-state index contributed by atoms with van der Waals surface area (Å²) < 4.78 is 5.60. The molecule has 0 unspecified atom stereocenters. The highest BCUT2D eigenvalue weighted by Crippen LogP contribution is 2.09. The largest absolute Gasteiger partial charge is 0.545 e. The van der Waals surface area contributed by atoms with Gasteiger partial charge < -0.3 is 4.43 Å². The minimum Gasteiger partial charge on any atom is -0.545 e. The molecule has 5 heteroatoms. The van der Waals surface area contributed by atoms with Crippen LogP contribution >= 0.6 is 0 Å². The third-order valence-corrected chi connectivity index (χ3v) is 2.07. The molecule has 0 heterocycles. The predicted octanol–water partition coefficient (Wildman–Crippen LogP) is 3.61. The first-order valence-electron chi connectivity index (χ1n) is 4.51. The summed E-state index contributed by atoms with van der Waals surface area (Å²) >= 11 is 0. The topological polar surface area (TPSA) is 58.0 Å². The third-order valence-electron chi connectivity index (χ3n) is 1.20. The highest BCUT2D eigenvalue weighted by Gasteiger charge is 2.15. The van der Waals surface area contributed by atoms with Crippen molar-refractivity contribution in [1.82, 2.24) is 0 Å². The summed E-state index contributed by atoms with van der Waals surface area (Å²) in [6.07, 6.45) is 4.44. The van der Waals surface area contributed by atoms with Crippen molar-refractivity contribution >= 4 is 8.32 Å². The smallest absolute Gasteiger partial charge is 0.242 e. The lowest BCUT2D eigenvalue weighted by atomic mass is 10.3. The van der Waals surface area contributed by atoms with Crippen LogP contribution in [-0.4, -0.2) is 14.9 Å². The minimum absolute atomic E-state index is 0.479. The molecule has 0 aromatic heterocycles. The molecule has 14 heavy (non-hydrogen) atoms. The molecule has 0 spiro atoms. The van der Waals surface area contributed by atoms with Crippen LogP contribution in [-0.2, 0) is 4.43 Å². The van der Waals surface area contributed by atoms with Gasteiger partial charge in [0.2, 0.25) is 8.32 Å². The molecular formula is C9H17N3OSi.